The fraction of sp³-hybridized carbons (Fsp3) is 0.222. The number of anilines is 1. The van der Waals surface area contributed by atoms with Crippen LogP contribution in [0.25, 0.3) is 0 Å². The molecule has 4 rings (SSSR count). The van der Waals surface area contributed by atoms with Crippen LogP contribution < -0.4 is 4.90 Å². The van der Waals surface area contributed by atoms with Gasteiger partial charge in [0.1, 0.15) is 5.82 Å². The van der Waals surface area contributed by atoms with Crippen LogP contribution in [-0.2, 0) is 22.3 Å². The summed E-state index contributed by atoms with van der Waals surface area (Å²) in [6.45, 7) is -0.120. The molecule has 1 saturated heterocycles. The van der Waals surface area contributed by atoms with Crippen LogP contribution in [0.2, 0.25) is 0 Å². The van der Waals surface area contributed by atoms with Gasteiger partial charge in [-0.2, -0.15) is 18.3 Å². The number of rotatable bonds is 3. The van der Waals surface area contributed by atoms with Crippen LogP contribution >= 0.6 is 0 Å². The Labute approximate surface area is 156 Å². The number of hydrogen-bond acceptors (Lipinski definition) is 5. The molecule has 0 radical (unpaired) electrons. The molecule has 2 aliphatic rings. The zero-order chi connectivity index (χ0) is 20.1. The Kier molecular flexibility index (Phi) is 4.13. The number of alkyl halides is 3. The smallest absolute Gasteiger partial charge is 0.271 e. The molecule has 0 N–H and O–H groups in total. The van der Waals surface area contributed by atoms with E-state index in [0.717, 1.165) is 29.2 Å². The molecule has 2 aliphatic heterocycles. The Hall–Kier alpha value is -3.30. The highest BCUT2D eigenvalue weighted by atomic mass is 19.4. The topological polar surface area (TPSA) is 65.3 Å². The SMILES string of the molecule is O=C1C2N=NN(Cc3cccc(C(F)(F)F)c3)C2C(=O)N1c1ccc(F)cc1. The van der Waals surface area contributed by atoms with Crippen molar-refractivity contribution in [3.8, 4) is 0 Å². The van der Waals surface area contributed by atoms with Gasteiger partial charge in [-0.15, -0.1) is 0 Å². The Balaban J connectivity index is 1.58. The van der Waals surface area contributed by atoms with Gasteiger partial charge in [0.05, 0.1) is 17.8 Å². The predicted molar refractivity (Wildman–Crippen MR) is 88.3 cm³/mol. The second-order valence-corrected chi connectivity index (χ2v) is 6.38. The van der Waals surface area contributed by atoms with Gasteiger partial charge < -0.3 is 0 Å². The average molecular weight is 392 g/mol. The molecule has 144 valence electrons. The third-order valence-corrected chi connectivity index (χ3v) is 4.54. The molecule has 28 heavy (non-hydrogen) atoms. The largest absolute Gasteiger partial charge is 0.416 e. The number of amides is 2. The van der Waals surface area contributed by atoms with Gasteiger partial charge in [0.25, 0.3) is 11.8 Å². The van der Waals surface area contributed by atoms with Gasteiger partial charge in [-0.1, -0.05) is 17.4 Å². The molecular formula is C18H12F4N4O2. The molecule has 10 heteroatoms. The molecule has 2 heterocycles. The van der Waals surface area contributed by atoms with Gasteiger partial charge in [-0.25, -0.2) is 9.29 Å². The first-order valence-electron chi connectivity index (χ1n) is 8.22. The van der Waals surface area contributed by atoms with E-state index in [1.807, 2.05) is 0 Å². The lowest BCUT2D eigenvalue weighted by Crippen LogP contribution is -2.39. The maximum Gasteiger partial charge on any atom is 0.416 e. The van der Waals surface area contributed by atoms with Crippen molar-refractivity contribution >= 4 is 17.5 Å². The maximum atomic E-state index is 13.1. The standard InChI is InChI=1S/C18H12F4N4O2/c19-12-4-6-13(7-5-12)26-16(27)14-15(17(26)28)25(24-23-14)9-10-2-1-3-11(8-10)18(20,21)22/h1-8,14-15H,9H2. The Morgan fingerprint density at radius 1 is 1.00 bits per heavy atom. The van der Waals surface area contributed by atoms with E-state index < -0.39 is 41.5 Å². The minimum absolute atomic E-state index is 0.120. The number of hydrogen-bond donors (Lipinski definition) is 0. The van der Waals surface area contributed by atoms with Crippen LogP contribution in [0.3, 0.4) is 0 Å². The van der Waals surface area contributed by atoms with Crippen molar-refractivity contribution in [2.24, 2.45) is 10.3 Å². The molecule has 0 aromatic heterocycles. The van der Waals surface area contributed by atoms with Crippen molar-refractivity contribution in [1.82, 2.24) is 5.01 Å². The van der Waals surface area contributed by atoms with Crippen molar-refractivity contribution < 1.29 is 27.2 Å². The Morgan fingerprint density at radius 2 is 1.71 bits per heavy atom. The van der Waals surface area contributed by atoms with Crippen molar-refractivity contribution in [3.05, 3.63) is 65.5 Å². The second kappa shape index (κ2) is 6.39. The fourth-order valence-electron chi connectivity index (χ4n) is 3.23. The first-order valence-corrected chi connectivity index (χ1v) is 8.22. The summed E-state index contributed by atoms with van der Waals surface area (Å²) >= 11 is 0. The Morgan fingerprint density at radius 3 is 2.39 bits per heavy atom. The highest BCUT2D eigenvalue weighted by Gasteiger charge is 2.54. The van der Waals surface area contributed by atoms with Gasteiger partial charge >= 0.3 is 6.18 Å². The first kappa shape index (κ1) is 18.1. The minimum atomic E-state index is -4.50. The Bertz CT molecular complexity index is 974. The number of carbonyl (C=O) groups excluding carboxylic acids is 2. The number of carbonyl (C=O) groups is 2. The zero-order valence-electron chi connectivity index (χ0n) is 14.1. The molecule has 0 bridgehead atoms. The molecule has 0 aliphatic carbocycles. The van der Waals surface area contributed by atoms with Crippen molar-refractivity contribution in [1.29, 1.82) is 0 Å². The van der Waals surface area contributed by atoms with Crippen molar-refractivity contribution in [2.45, 2.75) is 24.8 Å². The summed E-state index contributed by atoms with van der Waals surface area (Å²) in [6, 6.07) is 7.32. The molecular weight excluding hydrogens is 380 g/mol. The summed E-state index contributed by atoms with van der Waals surface area (Å²) in [7, 11) is 0. The number of imide groups is 1. The van der Waals surface area contributed by atoms with Crippen molar-refractivity contribution in [2.75, 3.05) is 4.90 Å². The van der Waals surface area contributed by atoms with Crippen molar-refractivity contribution in [3.63, 3.8) is 0 Å². The molecule has 2 aromatic carbocycles. The van der Waals surface area contributed by atoms with E-state index in [9.17, 15) is 27.2 Å². The summed E-state index contributed by atoms with van der Waals surface area (Å²) in [5.41, 5.74) is -0.352. The average Bonchev–Trinajstić information content (AvgIpc) is 3.16. The number of benzene rings is 2. The fourth-order valence-corrected chi connectivity index (χ4v) is 3.23. The van der Waals surface area contributed by atoms with E-state index in [1.165, 1.54) is 29.3 Å². The van der Waals surface area contributed by atoms with E-state index in [-0.39, 0.29) is 17.8 Å². The van der Waals surface area contributed by atoms with Crippen LogP contribution in [0.4, 0.5) is 23.2 Å². The normalized spacial score (nSPS) is 21.6. The molecule has 1 fully saturated rings. The van der Waals surface area contributed by atoms with Crippen LogP contribution in [0.5, 0.6) is 0 Å². The number of nitrogens with zero attached hydrogens (tertiary/aromatic N) is 4. The first-order chi connectivity index (χ1) is 13.3. The number of halogens is 4. The molecule has 2 atom stereocenters. The van der Waals surface area contributed by atoms with Crippen LogP contribution in [0.15, 0.2) is 58.9 Å². The predicted octanol–water partition coefficient (Wildman–Crippen LogP) is 3.34. The summed E-state index contributed by atoms with van der Waals surface area (Å²) < 4.78 is 51.8. The lowest BCUT2D eigenvalue weighted by molar-refractivity contribution is -0.137. The van der Waals surface area contributed by atoms with Gasteiger partial charge in [0.15, 0.2) is 12.1 Å². The lowest BCUT2D eigenvalue weighted by Gasteiger charge is -2.21. The van der Waals surface area contributed by atoms with Crippen LogP contribution in [0, 0.1) is 5.82 Å². The summed E-state index contributed by atoms with van der Waals surface area (Å²) in [5, 5.41) is 8.81. The third-order valence-electron chi connectivity index (χ3n) is 4.54. The van der Waals surface area contributed by atoms with Gasteiger partial charge in [0.2, 0.25) is 0 Å². The maximum absolute atomic E-state index is 13.1. The van der Waals surface area contributed by atoms with E-state index in [2.05, 4.69) is 10.3 Å². The molecule has 0 spiro atoms. The summed E-state index contributed by atoms with van der Waals surface area (Å²) in [6.07, 6.45) is -4.50. The highest BCUT2D eigenvalue weighted by molar-refractivity contribution is 6.25. The molecule has 6 nitrogen and oxygen atoms in total. The molecule has 2 aromatic rings. The molecule has 2 amide bonds. The monoisotopic (exact) mass is 392 g/mol. The highest BCUT2D eigenvalue weighted by Crippen LogP contribution is 2.34. The summed E-state index contributed by atoms with van der Waals surface area (Å²) in [4.78, 5) is 26.2. The lowest BCUT2D eigenvalue weighted by atomic mass is 10.1. The van der Waals surface area contributed by atoms with Gasteiger partial charge in [0, 0.05) is 0 Å². The quantitative estimate of drug-likeness (QED) is 0.595. The number of fused-ring (bicyclic) bond motifs is 1. The van der Waals surface area contributed by atoms with Crippen LogP contribution in [0.1, 0.15) is 11.1 Å². The zero-order valence-corrected chi connectivity index (χ0v) is 14.1. The minimum Gasteiger partial charge on any atom is -0.271 e. The molecule has 0 saturated carbocycles. The van der Waals surface area contributed by atoms with Gasteiger partial charge in [-0.05, 0) is 42.0 Å². The third kappa shape index (κ3) is 3.00. The molecule has 2 unspecified atom stereocenters. The van der Waals surface area contributed by atoms with Gasteiger partial charge in [-0.3, -0.25) is 14.6 Å². The van der Waals surface area contributed by atoms with Crippen LogP contribution in [-0.4, -0.2) is 28.9 Å². The van der Waals surface area contributed by atoms with E-state index in [1.54, 1.807) is 0 Å². The van der Waals surface area contributed by atoms with E-state index in [4.69, 9.17) is 0 Å². The van der Waals surface area contributed by atoms with E-state index in [0.29, 0.717) is 0 Å². The van der Waals surface area contributed by atoms with E-state index >= 15 is 0 Å². The second-order valence-electron chi connectivity index (χ2n) is 6.38. The summed E-state index contributed by atoms with van der Waals surface area (Å²) in [5.74, 6) is -1.75.